The third kappa shape index (κ3) is 4.33. The molecule has 3 rings (SSSR count). The van der Waals surface area contributed by atoms with Gasteiger partial charge in [-0.05, 0) is 37.6 Å². The fraction of sp³-hybridized carbons (Fsp3) is 0.412. The van der Waals surface area contributed by atoms with E-state index in [0.29, 0.717) is 26.8 Å². The lowest BCUT2D eigenvalue weighted by molar-refractivity contribution is -0.124. The lowest BCUT2D eigenvalue weighted by Crippen LogP contribution is -2.35. The monoisotopic (exact) mass is 399 g/mol. The zero-order chi connectivity index (χ0) is 18.1. The first-order chi connectivity index (χ1) is 11.8. The molecule has 1 aliphatic rings. The van der Waals surface area contributed by atoms with Crippen molar-refractivity contribution in [2.75, 3.05) is 11.9 Å². The van der Waals surface area contributed by atoms with E-state index in [2.05, 4.69) is 29.0 Å². The Morgan fingerprint density at radius 1 is 1.32 bits per heavy atom. The van der Waals surface area contributed by atoms with Gasteiger partial charge in [0, 0.05) is 40.5 Å². The van der Waals surface area contributed by atoms with Gasteiger partial charge in [-0.3, -0.25) is 15.0 Å². The Bertz CT molecular complexity index is 774. The molecule has 0 aliphatic carbocycles. The second-order valence-corrected chi connectivity index (χ2v) is 8.25. The maximum atomic E-state index is 12.3. The van der Waals surface area contributed by atoms with Crippen molar-refractivity contribution in [3.8, 4) is 0 Å². The molecule has 8 heteroatoms. The first-order valence-electron chi connectivity index (χ1n) is 8.01. The largest absolute Gasteiger partial charge is 0.378 e. The van der Waals surface area contributed by atoms with Crippen molar-refractivity contribution in [1.82, 2.24) is 9.88 Å². The lowest BCUT2D eigenvalue weighted by atomic mass is 10.1. The van der Waals surface area contributed by atoms with Gasteiger partial charge < -0.3 is 5.11 Å². The molecule has 0 spiro atoms. The number of carbonyl (C=O) groups is 1. The molecule has 0 bridgehead atoms. The normalized spacial score (nSPS) is 15.9. The molecular weight excluding hydrogens is 381 g/mol. The van der Waals surface area contributed by atoms with Crippen LogP contribution in [-0.4, -0.2) is 33.5 Å². The quantitative estimate of drug-likeness (QED) is 0.818. The number of anilines is 1. The predicted molar refractivity (Wildman–Crippen MR) is 101 cm³/mol. The number of hydrogen-bond acceptors (Lipinski definition) is 5. The maximum absolute atomic E-state index is 12.3. The van der Waals surface area contributed by atoms with Crippen molar-refractivity contribution >= 4 is 45.6 Å². The predicted octanol–water partition coefficient (Wildman–Crippen LogP) is 3.89. The van der Waals surface area contributed by atoms with Crippen LogP contribution in [0.1, 0.15) is 36.1 Å². The molecule has 1 aromatic heterocycles. The fourth-order valence-corrected chi connectivity index (χ4v) is 4.35. The van der Waals surface area contributed by atoms with Gasteiger partial charge in [-0.15, -0.1) is 11.3 Å². The molecule has 0 radical (unpaired) electrons. The van der Waals surface area contributed by atoms with E-state index < -0.39 is 12.0 Å². The number of amides is 1. The molecule has 2 heterocycles. The number of nitrogens with one attached hydrogen (secondary N) is 1. The smallest absolute Gasteiger partial charge is 0.259 e. The maximum Gasteiger partial charge on any atom is 0.259 e. The summed E-state index contributed by atoms with van der Waals surface area (Å²) >= 11 is 13.3. The Balaban J connectivity index is 1.71. The molecule has 2 aromatic rings. The number of benzene rings is 1. The van der Waals surface area contributed by atoms with E-state index in [4.69, 9.17) is 23.2 Å². The lowest BCUT2D eigenvalue weighted by Gasteiger charge is -2.29. The van der Waals surface area contributed by atoms with Crippen LogP contribution in [-0.2, 0) is 17.8 Å². The van der Waals surface area contributed by atoms with Gasteiger partial charge in [-0.1, -0.05) is 23.2 Å². The molecule has 0 saturated carbocycles. The van der Waals surface area contributed by atoms with Gasteiger partial charge in [0.15, 0.2) is 11.2 Å². The number of carbonyl (C=O) groups excluding carboxylic acids is 1. The highest BCUT2D eigenvalue weighted by Gasteiger charge is 2.24. The number of rotatable bonds is 4. The number of nitrogens with zero attached hydrogens (tertiary/aromatic N) is 2. The van der Waals surface area contributed by atoms with E-state index in [1.807, 2.05) is 0 Å². The number of aliphatic hydroxyl groups excluding tert-OH is 1. The van der Waals surface area contributed by atoms with Gasteiger partial charge in [-0.2, -0.15) is 0 Å². The minimum atomic E-state index is -1.36. The average Bonchev–Trinajstić information content (AvgIpc) is 2.94. The fourth-order valence-electron chi connectivity index (χ4n) is 2.77. The zero-order valence-corrected chi connectivity index (χ0v) is 16.3. The van der Waals surface area contributed by atoms with Crippen LogP contribution in [0.4, 0.5) is 5.13 Å². The van der Waals surface area contributed by atoms with E-state index in [1.54, 1.807) is 6.07 Å². The first kappa shape index (κ1) is 18.6. The number of halogens is 2. The van der Waals surface area contributed by atoms with Crippen LogP contribution in [0.3, 0.4) is 0 Å². The van der Waals surface area contributed by atoms with E-state index in [1.165, 1.54) is 23.5 Å². The van der Waals surface area contributed by atoms with E-state index >= 15 is 0 Å². The van der Waals surface area contributed by atoms with Crippen LogP contribution in [0.25, 0.3) is 0 Å². The average molecular weight is 400 g/mol. The second-order valence-electron chi connectivity index (χ2n) is 6.30. The highest BCUT2D eigenvalue weighted by molar-refractivity contribution is 7.15. The van der Waals surface area contributed by atoms with Gasteiger partial charge >= 0.3 is 0 Å². The van der Waals surface area contributed by atoms with Crippen molar-refractivity contribution in [3.05, 3.63) is 44.4 Å². The molecule has 1 unspecified atom stereocenters. The van der Waals surface area contributed by atoms with Gasteiger partial charge in [0.25, 0.3) is 5.91 Å². The minimum Gasteiger partial charge on any atom is -0.378 e. The topological polar surface area (TPSA) is 65.5 Å². The Labute approximate surface area is 160 Å². The minimum absolute atomic E-state index is 0.349. The highest BCUT2D eigenvalue weighted by Crippen LogP contribution is 2.30. The summed E-state index contributed by atoms with van der Waals surface area (Å²) in [7, 11) is 0. The molecule has 1 aromatic carbocycles. The number of hydrogen-bond donors (Lipinski definition) is 2. The number of aliphatic hydroxyl groups is 1. The summed E-state index contributed by atoms with van der Waals surface area (Å²) in [6.07, 6.45) is -0.490. The molecule has 134 valence electrons. The Hall–Kier alpha value is -1.18. The summed E-state index contributed by atoms with van der Waals surface area (Å²) in [5, 5.41) is 14.2. The van der Waals surface area contributed by atoms with Crippen molar-refractivity contribution in [1.29, 1.82) is 0 Å². The van der Waals surface area contributed by atoms with Crippen molar-refractivity contribution < 1.29 is 9.90 Å². The summed E-state index contributed by atoms with van der Waals surface area (Å²) in [4.78, 5) is 20.4. The standard InChI is InChI=1S/C17H19Cl2N3O2S/c1-9(2)22-4-3-13-14(8-22)25-17(20-13)21-16(24)15(23)10-5-11(18)7-12(19)6-10/h5-7,9,15,23H,3-4,8H2,1-2H3,(H,20,21,24). The van der Waals surface area contributed by atoms with Crippen molar-refractivity contribution in [2.24, 2.45) is 0 Å². The third-order valence-corrected chi connectivity index (χ3v) is 5.60. The molecular formula is C17H19Cl2N3O2S. The van der Waals surface area contributed by atoms with E-state index in [-0.39, 0.29) is 0 Å². The summed E-state index contributed by atoms with van der Waals surface area (Å²) < 4.78 is 0. The van der Waals surface area contributed by atoms with Crippen LogP contribution < -0.4 is 5.32 Å². The molecule has 0 fully saturated rings. The van der Waals surface area contributed by atoms with Crippen LogP contribution >= 0.6 is 34.5 Å². The SMILES string of the molecule is CC(C)N1CCc2nc(NC(=O)C(O)c3cc(Cl)cc(Cl)c3)sc2C1. The van der Waals surface area contributed by atoms with Crippen LogP contribution in [0.5, 0.6) is 0 Å². The van der Waals surface area contributed by atoms with Crippen molar-refractivity contribution in [3.63, 3.8) is 0 Å². The van der Waals surface area contributed by atoms with Gasteiger partial charge in [0.05, 0.1) is 5.69 Å². The third-order valence-electron chi connectivity index (χ3n) is 4.17. The number of fused-ring (bicyclic) bond motifs is 1. The number of aromatic nitrogens is 1. The molecule has 1 atom stereocenters. The van der Waals surface area contributed by atoms with E-state index in [0.717, 1.165) is 30.1 Å². The van der Waals surface area contributed by atoms with Crippen molar-refractivity contribution in [2.45, 2.75) is 39.0 Å². The van der Waals surface area contributed by atoms with Crippen LogP contribution in [0.15, 0.2) is 18.2 Å². The highest BCUT2D eigenvalue weighted by atomic mass is 35.5. The molecule has 1 amide bonds. The molecule has 2 N–H and O–H groups in total. The van der Waals surface area contributed by atoms with Crippen LogP contribution in [0.2, 0.25) is 10.0 Å². The molecule has 1 aliphatic heterocycles. The van der Waals surface area contributed by atoms with Crippen LogP contribution in [0, 0.1) is 0 Å². The summed E-state index contributed by atoms with van der Waals surface area (Å²) in [5.41, 5.74) is 1.37. The van der Waals surface area contributed by atoms with Gasteiger partial charge in [0.2, 0.25) is 0 Å². The molecule has 0 saturated heterocycles. The van der Waals surface area contributed by atoms with Gasteiger partial charge in [-0.25, -0.2) is 4.98 Å². The number of thiazole rings is 1. The Morgan fingerprint density at radius 2 is 2.00 bits per heavy atom. The summed E-state index contributed by atoms with van der Waals surface area (Å²) in [6, 6.07) is 5.06. The second kappa shape index (κ2) is 7.60. The Morgan fingerprint density at radius 3 is 2.64 bits per heavy atom. The zero-order valence-electron chi connectivity index (χ0n) is 13.9. The first-order valence-corrected chi connectivity index (χ1v) is 9.58. The van der Waals surface area contributed by atoms with E-state index in [9.17, 15) is 9.90 Å². The molecule has 25 heavy (non-hydrogen) atoms. The summed E-state index contributed by atoms with van der Waals surface area (Å²) in [6.45, 7) is 6.14. The molecule has 5 nitrogen and oxygen atoms in total. The van der Waals surface area contributed by atoms with Gasteiger partial charge in [0.1, 0.15) is 0 Å². The summed E-state index contributed by atoms with van der Waals surface area (Å²) in [5.74, 6) is -0.551. The Kier molecular flexibility index (Phi) is 5.65.